The Morgan fingerprint density at radius 3 is 2.33 bits per heavy atom. The second-order valence-electron chi connectivity index (χ2n) is 4.99. The molecule has 0 aliphatic rings. The van der Waals surface area contributed by atoms with Crippen LogP contribution in [0.2, 0.25) is 0 Å². The lowest BCUT2D eigenvalue weighted by Crippen LogP contribution is -2.39. The van der Waals surface area contributed by atoms with Crippen LogP contribution < -0.4 is 10.0 Å². The lowest BCUT2D eigenvalue weighted by Gasteiger charge is -2.24. The van der Waals surface area contributed by atoms with Gasteiger partial charge in [-0.05, 0) is 24.6 Å². The number of hydrogen-bond acceptors (Lipinski definition) is 5. The summed E-state index contributed by atoms with van der Waals surface area (Å²) in [6.45, 7) is 1.04. The number of nitrogens with two attached hydrogens (primary N) is 1. The molecule has 0 saturated heterocycles. The molecular weight excluding hydrogens is 334 g/mol. The lowest BCUT2D eigenvalue weighted by molar-refractivity contribution is -0.387. The fourth-order valence-corrected chi connectivity index (χ4v) is 3.89. The van der Waals surface area contributed by atoms with Crippen molar-refractivity contribution in [2.24, 2.45) is 5.73 Å². The zero-order chi connectivity index (χ0) is 17.9. The van der Waals surface area contributed by atoms with Gasteiger partial charge in [0.05, 0.1) is 10.6 Å². The number of para-hydroxylation sites is 2. The molecule has 9 heteroatoms. The Hall–Kier alpha value is -2.94. The number of anilines is 1. The molecule has 1 amide bonds. The molecule has 0 radical (unpaired) electrons. The third kappa shape index (κ3) is 3.35. The van der Waals surface area contributed by atoms with Gasteiger partial charge in [-0.15, -0.1) is 0 Å². The van der Waals surface area contributed by atoms with Crippen molar-refractivity contribution in [2.45, 2.75) is 11.8 Å². The quantitative estimate of drug-likeness (QED) is 0.626. The van der Waals surface area contributed by atoms with E-state index in [2.05, 4.69) is 0 Å². The van der Waals surface area contributed by atoms with Gasteiger partial charge in [0.15, 0.2) is 4.90 Å². The molecule has 126 valence electrons. The number of nitro groups is 1. The van der Waals surface area contributed by atoms with Gasteiger partial charge in [0.2, 0.25) is 5.91 Å². The topological polar surface area (TPSA) is 124 Å². The van der Waals surface area contributed by atoms with Crippen LogP contribution in [0.25, 0.3) is 0 Å². The maximum atomic E-state index is 13.0. The normalized spacial score (nSPS) is 11.0. The maximum absolute atomic E-state index is 13.0. The average Bonchev–Trinajstić information content (AvgIpc) is 2.53. The molecular formula is C15H15N3O5S. The van der Waals surface area contributed by atoms with Gasteiger partial charge in [-0.3, -0.25) is 19.2 Å². The first-order valence-corrected chi connectivity index (χ1v) is 8.29. The smallest absolute Gasteiger partial charge is 0.289 e. The predicted octanol–water partition coefficient (Wildman–Crippen LogP) is 1.58. The first kappa shape index (κ1) is 17.4. The SMILES string of the molecule is Cc1ccccc1N(CC(N)=O)S(=O)(=O)c1ccccc1[N+](=O)[O-]. The molecule has 0 fully saturated rings. The third-order valence-corrected chi connectivity index (χ3v) is 5.12. The van der Waals surface area contributed by atoms with Gasteiger partial charge in [-0.1, -0.05) is 30.3 Å². The number of primary amides is 1. The first-order valence-electron chi connectivity index (χ1n) is 6.85. The summed E-state index contributed by atoms with van der Waals surface area (Å²) in [5.74, 6) is -0.875. The van der Waals surface area contributed by atoms with Crippen LogP contribution in [-0.2, 0) is 14.8 Å². The van der Waals surface area contributed by atoms with Crippen LogP contribution in [0.5, 0.6) is 0 Å². The first-order chi connectivity index (χ1) is 11.2. The molecule has 24 heavy (non-hydrogen) atoms. The molecule has 0 bridgehead atoms. The Morgan fingerprint density at radius 2 is 1.75 bits per heavy atom. The summed E-state index contributed by atoms with van der Waals surface area (Å²) in [6, 6.07) is 11.4. The summed E-state index contributed by atoms with van der Waals surface area (Å²) >= 11 is 0. The van der Waals surface area contributed by atoms with E-state index in [1.807, 2.05) is 0 Å². The highest BCUT2D eigenvalue weighted by molar-refractivity contribution is 7.93. The van der Waals surface area contributed by atoms with Crippen molar-refractivity contribution in [3.05, 3.63) is 64.2 Å². The summed E-state index contributed by atoms with van der Waals surface area (Å²) in [6.07, 6.45) is 0. The van der Waals surface area contributed by atoms with Crippen LogP contribution >= 0.6 is 0 Å². The van der Waals surface area contributed by atoms with E-state index in [1.165, 1.54) is 18.2 Å². The van der Waals surface area contributed by atoms with Gasteiger partial charge in [0.25, 0.3) is 15.7 Å². The average molecular weight is 349 g/mol. The molecule has 0 aromatic heterocycles. The van der Waals surface area contributed by atoms with Crippen molar-refractivity contribution in [3.63, 3.8) is 0 Å². The van der Waals surface area contributed by atoms with E-state index in [9.17, 15) is 23.3 Å². The second-order valence-corrected chi connectivity index (χ2v) is 6.82. The summed E-state index contributed by atoms with van der Waals surface area (Å²) in [5, 5.41) is 11.1. The van der Waals surface area contributed by atoms with E-state index in [0.717, 1.165) is 16.4 Å². The summed E-state index contributed by atoms with van der Waals surface area (Å²) in [4.78, 5) is 21.2. The van der Waals surface area contributed by atoms with Crippen LogP contribution in [0.3, 0.4) is 0 Å². The van der Waals surface area contributed by atoms with E-state index in [1.54, 1.807) is 25.1 Å². The van der Waals surface area contributed by atoms with Gasteiger partial charge in [0, 0.05) is 6.07 Å². The molecule has 2 rings (SSSR count). The molecule has 0 spiro atoms. The number of carbonyl (C=O) groups excluding carboxylic acids is 1. The van der Waals surface area contributed by atoms with Gasteiger partial charge < -0.3 is 5.73 Å². The molecule has 0 saturated carbocycles. The Kier molecular flexibility index (Phi) is 4.84. The molecule has 2 aromatic rings. The van der Waals surface area contributed by atoms with Crippen molar-refractivity contribution in [1.29, 1.82) is 0 Å². The number of amides is 1. The number of carbonyl (C=O) groups is 1. The van der Waals surface area contributed by atoms with E-state index in [4.69, 9.17) is 5.73 Å². The standard InChI is InChI=1S/C15H15N3O5S/c1-11-6-2-3-7-12(11)17(10-15(16)19)24(22,23)14-9-5-4-8-13(14)18(20)21/h2-9H,10H2,1H3,(H2,16,19). The predicted molar refractivity (Wildman–Crippen MR) is 88.0 cm³/mol. The number of nitro benzene ring substituents is 1. The van der Waals surface area contributed by atoms with E-state index in [0.29, 0.717) is 5.56 Å². The molecule has 0 aliphatic carbocycles. The summed E-state index contributed by atoms with van der Waals surface area (Å²) in [7, 11) is -4.36. The minimum absolute atomic E-state index is 0.231. The third-order valence-electron chi connectivity index (χ3n) is 3.31. The van der Waals surface area contributed by atoms with Crippen molar-refractivity contribution in [1.82, 2.24) is 0 Å². The molecule has 2 N–H and O–H groups in total. The van der Waals surface area contributed by atoms with Crippen LogP contribution in [0.15, 0.2) is 53.4 Å². The minimum Gasteiger partial charge on any atom is -0.368 e. The molecule has 0 aliphatic heterocycles. The number of rotatable bonds is 6. The minimum atomic E-state index is -4.36. The zero-order valence-electron chi connectivity index (χ0n) is 12.7. The molecule has 8 nitrogen and oxygen atoms in total. The Morgan fingerprint density at radius 1 is 1.17 bits per heavy atom. The number of sulfonamides is 1. The van der Waals surface area contributed by atoms with E-state index < -0.39 is 38.0 Å². The number of aryl methyl sites for hydroxylation is 1. The van der Waals surface area contributed by atoms with E-state index in [-0.39, 0.29) is 5.69 Å². The second kappa shape index (κ2) is 6.67. The monoisotopic (exact) mass is 349 g/mol. The number of benzene rings is 2. The highest BCUT2D eigenvalue weighted by Crippen LogP contribution is 2.31. The van der Waals surface area contributed by atoms with E-state index >= 15 is 0 Å². The Labute approximate surface area is 138 Å². The fourth-order valence-electron chi connectivity index (χ4n) is 2.23. The maximum Gasteiger partial charge on any atom is 0.289 e. The molecule has 0 atom stereocenters. The number of nitrogens with zero attached hydrogens (tertiary/aromatic N) is 2. The van der Waals surface area contributed by atoms with Crippen LogP contribution in [0.1, 0.15) is 5.56 Å². The van der Waals surface area contributed by atoms with Crippen molar-refractivity contribution in [3.8, 4) is 0 Å². The summed E-state index contributed by atoms with van der Waals surface area (Å²) < 4.78 is 26.7. The largest absolute Gasteiger partial charge is 0.368 e. The summed E-state index contributed by atoms with van der Waals surface area (Å²) in [5.41, 5.74) is 5.42. The van der Waals surface area contributed by atoms with Crippen LogP contribution in [0.4, 0.5) is 11.4 Å². The van der Waals surface area contributed by atoms with Gasteiger partial charge in [-0.2, -0.15) is 0 Å². The van der Waals surface area contributed by atoms with Gasteiger partial charge in [-0.25, -0.2) is 8.42 Å². The molecule has 0 heterocycles. The molecule has 0 unspecified atom stereocenters. The lowest BCUT2D eigenvalue weighted by atomic mass is 10.2. The van der Waals surface area contributed by atoms with Crippen molar-refractivity contribution in [2.75, 3.05) is 10.8 Å². The number of hydrogen-bond donors (Lipinski definition) is 1. The van der Waals surface area contributed by atoms with Gasteiger partial charge in [0.1, 0.15) is 6.54 Å². The van der Waals surface area contributed by atoms with Crippen LogP contribution in [0, 0.1) is 17.0 Å². The zero-order valence-corrected chi connectivity index (χ0v) is 13.6. The van der Waals surface area contributed by atoms with Crippen molar-refractivity contribution < 1.29 is 18.1 Å². The van der Waals surface area contributed by atoms with Crippen molar-refractivity contribution >= 4 is 27.3 Å². The molecule has 2 aromatic carbocycles. The highest BCUT2D eigenvalue weighted by atomic mass is 32.2. The Bertz CT molecular complexity index is 895. The van der Waals surface area contributed by atoms with Crippen LogP contribution in [-0.4, -0.2) is 25.8 Å². The van der Waals surface area contributed by atoms with Gasteiger partial charge >= 0.3 is 0 Å². The Balaban J connectivity index is 2.68. The fraction of sp³-hybridized carbons (Fsp3) is 0.133. The highest BCUT2D eigenvalue weighted by Gasteiger charge is 2.33.